The van der Waals surface area contributed by atoms with Crippen molar-refractivity contribution < 1.29 is 12.8 Å². The van der Waals surface area contributed by atoms with Gasteiger partial charge in [-0.15, -0.1) is 11.6 Å². The van der Waals surface area contributed by atoms with Crippen LogP contribution in [0.4, 0.5) is 4.39 Å². The van der Waals surface area contributed by atoms with Gasteiger partial charge < -0.3 is 0 Å². The zero-order valence-electron chi connectivity index (χ0n) is 10.1. The second-order valence-electron chi connectivity index (χ2n) is 4.51. The van der Waals surface area contributed by atoms with E-state index in [1.165, 1.54) is 22.5 Å². The maximum Gasteiger partial charge on any atom is 0.243 e. The van der Waals surface area contributed by atoms with Crippen molar-refractivity contribution in [3.05, 3.63) is 29.6 Å². The topological polar surface area (TPSA) is 37.4 Å². The molecule has 18 heavy (non-hydrogen) atoms. The first-order valence-corrected chi connectivity index (χ1v) is 7.69. The normalized spacial score (nSPS) is 22.1. The van der Waals surface area contributed by atoms with Crippen LogP contribution in [0, 0.1) is 12.7 Å². The predicted molar refractivity (Wildman–Crippen MR) is 68.8 cm³/mol. The van der Waals surface area contributed by atoms with Crippen LogP contribution in [0.1, 0.15) is 18.4 Å². The van der Waals surface area contributed by atoms with Crippen molar-refractivity contribution in [2.75, 3.05) is 13.1 Å². The number of sulfonamides is 1. The molecule has 2 rings (SSSR count). The number of benzene rings is 1. The zero-order chi connectivity index (χ0) is 13.3. The van der Waals surface area contributed by atoms with Gasteiger partial charge in [0.15, 0.2) is 0 Å². The Balaban J connectivity index is 2.35. The number of rotatable bonds is 2. The second kappa shape index (κ2) is 5.15. The second-order valence-corrected chi connectivity index (χ2v) is 7.04. The highest BCUT2D eigenvalue weighted by Crippen LogP contribution is 2.25. The van der Waals surface area contributed by atoms with Gasteiger partial charge in [0.2, 0.25) is 10.0 Å². The van der Waals surface area contributed by atoms with Crippen molar-refractivity contribution in [1.82, 2.24) is 4.31 Å². The van der Waals surface area contributed by atoms with Gasteiger partial charge in [-0.3, -0.25) is 0 Å². The summed E-state index contributed by atoms with van der Waals surface area (Å²) >= 11 is 6.00. The molecule has 1 heterocycles. The van der Waals surface area contributed by atoms with Gasteiger partial charge in [0.1, 0.15) is 5.82 Å². The van der Waals surface area contributed by atoms with E-state index in [1.54, 1.807) is 6.92 Å². The Hall–Kier alpha value is -0.650. The van der Waals surface area contributed by atoms with Crippen molar-refractivity contribution >= 4 is 21.6 Å². The summed E-state index contributed by atoms with van der Waals surface area (Å²) in [6, 6.07) is 3.72. The molecule has 0 radical (unpaired) electrons. The third kappa shape index (κ3) is 2.68. The summed E-state index contributed by atoms with van der Waals surface area (Å²) in [5, 5.41) is -0.144. The lowest BCUT2D eigenvalue weighted by molar-refractivity contribution is 0.350. The molecule has 1 aromatic rings. The molecule has 1 aliphatic rings. The van der Waals surface area contributed by atoms with Gasteiger partial charge in [-0.1, -0.05) is 0 Å². The smallest absolute Gasteiger partial charge is 0.207 e. The predicted octanol–water partition coefficient (Wildman–Crippen LogP) is 2.53. The molecular weight excluding hydrogens is 277 g/mol. The van der Waals surface area contributed by atoms with E-state index in [0.29, 0.717) is 18.7 Å². The molecule has 0 aromatic heterocycles. The van der Waals surface area contributed by atoms with E-state index in [4.69, 9.17) is 11.6 Å². The van der Waals surface area contributed by atoms with Crippen molar-refractivity contribution in [3.8, 4) is 0 Å². The molecule has 1 unspecified atom stereocenters. The molecule has 3 nitrogen and oxygen atoms in total. The van der Waals surface area contributed by atoms with Gasteiger partial charge >= 0.3 is 0 Å². The summed E-state index contributed by atoms with van der Waals surface area (Å²) in [7, 11) is -3.56. The van der Waals surface area contributed by atoms with Crippen molar-refractivity contribution in [2.24, 2.45) is 0 Å². The quantitative estimate of drug-likeness (QED) is 0.785. The van der Waals surface area contributed by atoms with Crippen molar-refractivity contribution in [2.45, 2.75) is 30.0 Å². The summed E-state index contributed by atoms with van der Waals surface area (Å²) in [5.74, 6) is -0.430. The van der Waals surface area contributed by atoms with Crippen molar-refractivity contribution in [3.63, 3.8) is 0 Å². The van der Waals surface area contributed by atoms with Crippen LogP contribution >= 0.6 is 11.6 Å². The lowest BCUT2D eigenvalue weighted by atomic mass is 10.2. The monoisotopic (exact) mass is 291 g/mol. The Morgan fingerprint density at radius 2 is 2.17 bits per heavy atom. The number of alkyl halides is 1. The van der Waals surface area contributed by atoms with Crippen LogP contribution in [0.2, 0.25) is 0 Å². The van der Waals surface area contributed by atoms with E-state index in [1.807, 2.05) is 0 Å². The number of piperidine rings is 1. The fourth-order valence-electron chi connectivity index (χ4n) is 2.15. The zero-order valence-corrected chi connectivity index (χ0v) is 11.6. The van der Waals surface area contributed by atoms with Crippen molar-refractivity contribution in [1.29, 1.82) is 0 Å². The van der Waals surface area contributed by atoms with Crippen LogP contribution in [-0.2, 0) is 10.0 Å². The number of halogens is 2. The minimum Gasteiger partial charge on any atom is -0.207 e. The maximum absolute atomic E-state index is 13.0. The highest BCUT2D eigenvalue weighted by Gasteiger charge is 2.30. The lowest BCUT2D eigenvalue weighted by Gasteiger charge is -2.29. The highest BCUT2D eigenvalue weighted by atomic mass is 35.5. The average molecular weight is 292 g/mol. The number of aryl methyl sites for hydroxylation is 1. The van der Waals surface area contributed by atoms with Crippen LogP contribution in [-0.4, -0.2) is 31.2 Å². The molecule has 1 fully saturated rings. The first-order chi connectivity index (χ1) is 8.41. The molecule has 100 valence electrons. The number of hydrogen-bond donors (Lipinski definition) is 0. The fourth-order valence-corrected chi connectivity index (χ4v) is 4.28. The van der Waals surface area contributed by atoms with E-state index in [2.05, 4.69) is 0 Å². The Morgan fingerprint density at radius 3 is 2.78 bits per heavy atom. The molecule has 0 N–H and O–H groups in total. The van der Waals surface area contributed by atoms with Crippen LogP contribution in [0.3, 0.4) is 0 Å². The molecule has 0 amide bonds. The van der Waals surface area contributed by atoms with Gasteiger partial charge in [-0.25, -0.2) is 12.8 Å². The van der Waals surface area contributed by atoms with Crippen LogP contribution in [0.5, 0.6) is 0 Å². The third-order valence-electron chi connectivity index (χ3n) is 3.08. The molecule has 1 saturated heterocycles. The summed E-state index contributed by atoms with van der Waals surface area (Å²) in [6.07, 6.45) is 1.59. The van der Waals surface area contributed by atoms with Crippen LogP contribution < -0.4 is 0 Å². The maximum atomic E-state index is 13.0. The van der Waals surface area contributed by atoms with Crippen LogP contribution in [0.15, 0.2) is 23.1 Å². The van der Waals surface area contributed by atoms with Crippen LogP contribution in [0.25, 0.3) is 0 Å². The Labute approximate surface area is 112 Å². The summed E-state index contributed by atoms with van der Waals surface area (Å²) in [6.45, 7) is 2.39. The Morgan fingerprint density at radius 1 is 1.44 bits per heavy atom. The lowest BCUT2D eigenvalue weighted by Crippen LogP contribution is -2.40. The molecule has 0 spiro atoms. The van der Waals surface area contributed by atoms with E-state index in [-0.39, 0.29) is 10.3 Å². The van der Waals surface area contributed by atoms with E-state index >= 15 is 0 Å². The standard InChI is InChI=1S/C12H15ClFNO2S/c1-9-7-11(14)4-5-12(9)18(16,17)15-6-2-3-10(13)8-15/h4-5,7,10H,2-3,6,8H2,1H3. The fraction of sp³-hybridized carbons (Fsp3) is 0.500. The van der Waals surface area contributed by atoms with Gasteiger partial charge in [0.25, 0.3) is 0 Å². The minimum atomic E-state index is -3.56. The highest BCUT2D eigenvalue weighted by molar-refractivity contribution is 7.89. The summed E-state index contributed by atoms with van der Waals surface area (Å²) < 4.78 is 39.2. The molecule has 0 saturated carbocycles. The summed E-state index contributed by atoms with van der Waals surface area (Å²) in [5.41, 5.74) is 0.423. The number of nitrogens with zero attached hydrogens (tertiary/aromatic N) is 1. The molecule has 0 aliphatic carbocycles. The minimum absolute atomic E-state index is 0.144. The van der Waals surface area contributed by atoms with E-state index < -0.39 is 15.8 Å². The Kier molecular flexibility index (Phi) is 3.94. The first kappa shape index (κ1) is 13.8. The molecule has 1 aliphatic heterocycles. The van der Waals surface area contributed by atoms with Gasteiger partial charge in [-0.2, -0.15) is 4.31 Å². The Bertz CT molecular complexity index is 547. The molecule has 1 atom stereocenters. The van der Waals surface area contributed by atoms with E-state index in [0.717, 1.165) is 12.8 Å². The molecule has 1 aromatic carbocycles. The number of hydrogen-bond acceptors (Lipinski definition) is 2. The van der Waals surface area contributed by atoms with Gasteiger partial charge in [0.05, 0.1) is 4.90 Å². The van der Waals surface area contributed by atoms with Gasteiger partial charge in [0, 0.05) is 18.5 Å². The van der Waals surface area contributed by atoms with E-state index in [9.17, 15) is 12.8 Å². The summed E-state index contributed by atoms with van der Waals surface area (Å²) in [4.78, 5) is 0.162. The molecule has 6 heteroatoms. The molecule has 0 bridgehead atoms. The first-order valence-electron chi connectivity index (χ1n) is 5.81. The largest absolute Gasteiger partial charge is 0.243 e. The average Bonchev–Trinajstić information content (AvgIpc) is 2.28. The molecular formula is C12H15ClFNO2S. The third-order valence-corrected chi connectivity index (χ3v) is 5.46. The van der Waals surface area contributed by atoms with Gasteiger partial charge in [-0.05, 0) is 43.5 Å². The SMILES string of the molecule is Cc1cc(F)ccc1S(=O)(=O)N1CCCC(Cl)C1.